The Morgan fingerprint density at radius 2 is 1.95 bits per heavy atom. The molecule has 3 nitrogen and oxygen atoms in total. The first-order valence-corrected chi connectivity index (χ1v) is 7.80. The van der Waals surface area contributed by atoms with Crippen molar-refractivity contribution < 1.29 is 4.79 Å². The minimum atomic E-state index is 0.147. The highest BCUT2D eigenvalue weighted by molar-refractivity contribution is 5.96. The van der Waals surface area contributed by atoms with Gasteiger partial charge in [0, 0.05) is 18.8 Å². The number of nitrogens with one attached hydrogen (secondary N) is 1. The zero-order chi connectivity index (χ0) is 15.5. The van der Waals surface area contributed by atoms with Crippen LogP contribution in [0.25, 0.3) is 0 Å². The Bertz CT molecular complexity index is 694. The van der Waals surface area contributed by atoms with Gasteiger partial charge in [-0.2, -0.15) is 0 Å². The van der Waals surface area contributed by atoms with Gasteiger partial charge >= 0.3 is 0 Å². The van der Waals surface area contributed by atoms with E-state index in [-0.39, 0.29) is 5.91 Å². The smallest absolute Gasteiger partial charge is 0.240 e. The van der Waals surface area contributed by atoms with Gasteiger partial charge in [0.05, 0.1) is 6.54 Å². The summed E-state index contributed by atoms with van der Waals surface area (Å²) in [5.74, 6) is 0.147. The topological polar surface area (TPSA) is 32.3 Å². The molecule has 2 aromatic rings. The minimum absolute atomic E-state index is 0.147. The van der Waals surface area contributed by atoms with Crippen molar-refractivity contribution in [2.24, 2.45) is 0 Å². The molecule has 3 rings (SSSR count). The van der Waals surface area contributed by atoms with Gasteiger partial charge in [0.15, 0.2) is 0 Å². The number of anilines is 1. The molecule has 0 fully saturated rings. The quantitative estimate of drug-likeness (QED) is 0.940. The van der Waals surface area contributed by atoms with E-state index in [0.29, 0.717) is 6.54 Å². The molecule has 2 aromatic carbocycles. The summed E-state index contributed by atoms with van der Waals surface area (Å²) in [6.45, 7) is 6.12. The predicted octanol–water partition coefficient (Wildman–Crippen LogP) is 2.98. The second-order valence-electron chi connectivity index (χ2n) is 5.95. The average molecular weight is 294 g/mol. The maximum absolute atomic E-state index is 12.4. The van der Waals surface area contributed by atoms with E-state index in [1.165, 1.54) is 22.3 Å². The zero-order valence-electron chi connectivity index (χ0n) is 13.2. The number of rotatable bonds is 4. The second-order valence-corrected chi connectivity index (χ2v) is 5.95. The second kappa shape index (κ2) is 6.32. The van der Waals surface area contributed by atoms with Crippen LogP contribution in [0.5, 0.6) is 0 Å². The molecule has 0 unspecified atom stereocenters. The van der Waals surface area contributed by atoms with Crippen molar-refractivity contribution in [3.63, 3.8) is 0 Å². The zero-order valence-corrected chi connectivity index (χ0v) is 13.2. The van der Waals surface area contributed by atoms with Crippen LogP contribution in [-0.4, -0.2) is 19.0 Å². The van der Waals surface area contributed by atoms with Gasteiger partial charge in [-0.05, 0) is 48.6 Å². The van der Waals surface area contributed by atoms with Crippen LogP contribution in [0.2, 0.25) is 0 Å². The van der Waals surface area contributed by atoms with E-state index in [2.05, 4.69) is 43.4 Å². The summed E-state index contributed by atoms with van der Waals surface area (Å²) < 4.78 is 0. The number of amides is 1. The fourth-order valence-electron chi connectivity index (χ4n) is 2.92. The van der Waals surface area contributed by atoms with Crippen LogP contribution >= 0.6 is 0 Å². The molecule has 1 aliphatic heterocycles. The van der Waals surface area contributed by atoms with Gasteiger partial charge in [0.25, 0.3) is 0 Å². The molecule has 0 aromatic heterocycles. The third-order valence-electron chi connectivity index (χ3n) is 4.36. The molecule has 0 spiro atoms. The standard InChI is InChI=1S/C19H22N2O/c1-14-7-8-16(11-15(14)2)12-20-13-19(22)21-10-9-17-5-3-4-6-18(17)21/h3-8,11,20H,9-10,12-13H2,1-2H3. The molecule has 0 bridgehead atoms. The first kappa shape index (κ1) is 14.8. The fraction of sp³-hybridized carbons (Fsp3) is 0.316. The highest BCUT2D eigenvalue weighted by atomic mass is 16.2. The molecular weight excluding hydrogens is 272 g/mol. The van der Waals surface area contributed by atoms with Gasteiger partial charge in [-0.3, -0.25) is 4.79 Å². The highest BCUT2D eigenvalue weighted by Gasteiger charge is 2.23. The molecule has 0 saturated carbocycles. The Balaban J connectivity index is 1.56. The van der Waals surface area contributed by atoms with E-state index in [0.717, 1.165) is 25.2 Å². The molecule has 1 aliphatic rings. The van der Waals surface area contributed by atoms with E-state index in [1.54, 1.807) is 0 Å². The number of fused-ring (bicyclic) bond motifs is 1. The largest absolute Gasteiger partial charge is 0.311 e. The maximum Gasteiger partial charge on any atom is 0.240 e. The molecule has 1 heterocycles. The molecule has 114 valence electrons. The summed E-state index contributed by atoms with van der Waals surface area (Å²) in [5, 5.41) is 3.26. The van der Waals surface area contributed by atoms with Gasteiger partial charge in [-0.15, -0.1) is 0 Å². The van der Waals surface area contributed by atoms with Crippen LogP contribution in [0.15, 0.2) is 42.5 Å². The van der Waals surface area contributed by atoms with E-state index >= 15 is 0 Å². The number of aryl methyl sites for hydroxylation is 2. The number of carbonyl (C=O) groups is 1. The maximum atomic E-state index is 12.4. The van der Waals surface area contributed by atoms with Gasteiger partial charge in [0.2, 0.25) is 5.91 Å². The van der Waals surface area contributed by atoms with Crippen LogP contribution in [0.1, 0.15) is 22.3 Å². The van der Waals surface area contributed by atoms with Crippen LogP contribution in [0.3, 0.4) is 0 Å². The lowest BCUT2D eigenvalue weighted by atomic mass is 10.1. The highest BCUT2D eigenvalue weighted by Crippen LogP contribution is 2.27. The third-order valence-corrected chi connectivity index (χ3v) is 4.36. The molecule has 3 heteroatoms. The number of carbonyl (C=O) groups excluding carboxylic acids is 1. The lowest BCUT2D eigenvalue weighted by Gasteiger charge is -2.17. The Morgan fingerprint density at radius 3 is 2.77 bits per heavy atom. The van der Waals surface area contributed by atoms with Gasteiger partial charge in [-0.1, -0.05) is 36.4 Å². The SMILES string of the molecule is Cc1ccc(CNCC(=O)N2CCc3ccccc32)cc1C. The number of para-hydroxylation sites is 1. The van der Waals surface area contributed by atoms with Crippen molar-refractivity contribution in [1.29, 1.82) is 0 Å². The summed E-state index contributed by atoms with van der Waals surface area (Å²) in [5.41, 5.74) is 6.15. The predicted molar refractivity (Wildman–Crippen MR) is 90.1 cm³/mol. The van der Waals surface area contributed by atoms with E-state index in [9.17, 15) is 4.79 Å². The van der Waals surface area contributed by atoms with Crippen LogP contribution in [0, 0.1) is 13.8 Å². The number of nitrogens with zero attached hydrogens (tertiary/aromatic N) is 1. The Labute approximate surface area is 132 Å². The normalized spacial score (nSPS) is 13.3. The monoisotopic (exact) mass is 294 g/mol. The minimum Gasteiger partial charge on any atom is -0.311 e. The van der Waals surface area contributed by atoms with Crippen molar-refractivity contribution in [1.82, 2.24) is 5.32 Å². The lowest BCUT2D eigenvalue weighted by Crippen LogP contribution is -2.36. The Hall–Kier alpha value is -2.13. The van der Waals surface area contributed by atoms with Crippen molar-refractivity contribution >= 4 is 11.6 Å². The average Bonchev–Trinajstić information content (AvgIpc) is 2.95. The lowest BCUT2D eigenvalue weighted by molar-refractivity contribution is -0.117. The third kappa shape index (κ3) is 3.04. The summed E-state index contributed by atoms with van der Waals surface area (Å²) in [7, 11) is 0. The van der Waals surface area contributed by atoms with Gasteiger partial charge in [-0.25, -0.2) is 0 Å². The fourth-order valence-corrected chi connectivity index (χ4v) is 2.92. The van der Waals surface area contributed by atoms with Crippen molar-refractivity contribution in [2.75, 3.05) is 18.0 Å². The molecule has 0 saturated heterocycles. The molecule has 1 amide bonds. The summed E-state index contributed by atoms with van der Waals surface area (Å²) in [6, 6.07) is 14.6. The molecule has 0 aliphatic carbocycles. The first-order valence-electron chi connectivity index (χ1n) is 7.80. The molecule has 0 atom stereocenters. The van der Waals surface area contributed by atoms with E-state index in [1.807, 2.05) is 23.1 Å². The number of hydrogen-bond donors (Lipinski definition) is 1. The molecule has 1 N–H and O–H groups in total. The Morgan fingerprint density at radius 1 is 1.14 bits per heavy atom. The van der Waals surface area contributed by atoms with E-state index in [4.69, 9.17) is 0 Å². The number of benzene rings is 2. The van der Waals surface area contributed by atoms with Crippen molar-refractivity contribution in [3.05, 3.63) is 64.7 Å². The summed E-state index contributed by atoms with van der Waals surface area (Å²) in [6.07, 6.45) is 0.957. The van der Waals surface area contributed by atoms with Crippen LogP contribution < -0.4 is 10.2 Å². The summed E-state index contributed by atoms with van der Waals surface area (Å²) in [4.78, 5) is 14.3. The van der Waals surface area contributed by atoms with Gasteiger partial charge in [0.1, 0.15) is 0 Å². The van der Waals surface area contributed by atoms with Gasteiger partial charge < -0.3 is 10.2 Å². The summed E-state index contributed by atoms with van der Waals surface area (Å²) >= 11 is 0. The van der Waals surface area contributed by atoms with Crippen molar-refractivity contribution in [3.8, 4) is 0 Å². The van der Waals surface area contributed by atoms with Crippen LogP contribution in [-0.2, 0) is 17.8 Å². The van der Waals surface area contributed by atoms with Crippen LogP contribution in [0.4, 0.5) is 5.69 Å². The molecule has 22 heavy (non-hydrogen) atoms. The number of hydrogen-bond acceptors (Lipinski definition) is 2. The first-order chi connectivity index (χ1) is 10.6. The van der Waals surface area contributed by atoms with E-state index < -0.39 is 0 Å². The Kier molecular flexibility index (Phi) is 4.25. The molecular formula is C19H22N2O. The van der Waals surface area contributed by atoms with Crippen molar-refractivity contribution in [2.45, 2.75) is 26.8 Å². The molecule has 0 radical (unpaired) electrons.